The number of imidazole rings is 1. The predicted molar refractivity (Wildman–Crippen MR) is 69.3 cm³/mol. The van der Waals surface area contributed by atoms with Gasteiger partial charge in [-0.3, -0.25) is 4.79 Å². The lowest BCUT2D eigenvalue weighted by molar-refractivity contribution is -0.122. The van der Waals surface area contributed by atoms with Gasteiger partial charge in [0.25, 0.3) is 0 Å². The maximum absolute atomic E-state index is 11.7. The highest BCUT2D eigenvalue weighted by atomic mass is 16.5. The van der Waals surface area contributed by atoms with Crippen molar-refractivity contribution in [2.24, 2.45) is 12.8 Å². The van der Waals surface area contributed by atoms with Gasteiger partial charge >= 0.3 is 0 Å². The van der Waals surface area contributed by atoms with Crippen molar-refractivity contribution in [2.45, 2.75) is 6.42 Å². The van der Waals surface area contributed by atoms with Gasteiger partial charge in [0.2, 0.25) is 0 Å². The number of aromatic nitrogens is 2. The van der Waals surface area contributed by atoms with E-state index in [4.69, 9.17) is 10.5 Å². The van der Waals surface area contributed by atoms with E-state index in [1.54, 1.807) is 0 Å². The van der Waals surface area contributed by atoms with Crippen LogP contribution in [0.1, 0.15) is 5.82 Å². The van der Waals surface area contributed by atoms with Gasteiger partial charge in [0.15, 0.2) is 5.78 Å². The average molecular weight is 247 g/mol. The second-order valence-electron chi connectivity index (χ2n) is 4.13. The predicted octanol–water partition coefficient (Wildman–Crippen LogP) is 0.660. The number of ether oxygens (including phenoxy) is 1. The van der Waals surface area contributed by atoms with Gasteiger partial charge in [-0.15, -0.1) is 0 Å². The number of carbonyl (C=O) groups is 1. The molecule has 0 radical (unpaired) electrons. The standard InChI is InChI=1S/C13H17N3O2/c1-16-12-5-3-2-4-11(12)15-13(16)8-10(17)9-18-7-6-14/h2-5H,6-9,14H2,1H3. The molecule has 96 valence electrons. The number of para-hydroxylation sites is 2. The Hall–Kier alpha value is -1.72. The largest absolute Gasteiger partial charge is 0.372 e. The summed E-state index contributed by atoms with van der Waals surface area (Å²) in [6.45, 7) is 0.939. The summed E-state index contributed by atoms with van der Waals surface area (Å²) in [5.41, 5.74) is 7.23. The molecule has 0 amide bonds. The zero-order valence-corrected chi connectivity index (χ0v) is 10.4. The third-order valence-electron chi connectivity index (χ3n) is 2.76. The van der Waals surface area contributed by atoms with Crippen LogP contribution in [0, 0.1) is 0 Å². The highest BCUT2D eigenvalue weighted by Crippen LogP contribution is 2.14. The third-order valence-corrected chi connectivity index (χ3v) is 2.76. The van der Waals surface area contributed by atoms with E-state index in [1.807, 2.05) is 35.9 Å². The Morgan fingerprint density at radius 2 is 2.22 bits per heavy atom. The van der Waals surface area contributed by atoms with Crippen molar-refractivity contribution in [3.8, 4) is 0 Å². The van der Waals surface area contributed by atoms with Gasteiger partial charge in [-0.1, -0.05) is 12.1 Å². The van der Waals surface area contributed by atoms with Gasteiger partial charge in [0, 0.05) is 13.6 Å². The molecule has 0 saturated heterocycles. The number of fused-ring (bicyclic) bond motifs is 1. The van der Waals surface area contributed by atoms with Crippen molar-refractivity contribution in [3.63, 3.8) is 0 Å². The van der Waals surface area contributed by atoms with Crippen molar-refractivity contribution < 1.29 is 9.53 Å². The maximum Gasteiger partial charge on any atom is 0.165 e. The number of carbonyl (C=O) groups excluding carboxylic acids is 1. The summed E-state index contributed by atoms with van der Waals surface area (Å²) in [4.78, 5) is 16.1. The van der Waals surface area contributed by atoms with Gasteiger partial charge in [-0.25, -0.2) is 4.98 Å². The molecule has 18 heavy (non-hydrogen) atoms. The molecule has 0 aliphatic carbocycles. The van der Waals surface area contributed by atoms with Crippen LogP contribution in [0.15, 0.2) is 24.3 Å². The SMILES string of the molecule is Cn1c(CC(=O)COCCN)nc2ccccc21. The minimum absolute atomic E-state index is 0.0156. The van der Waals surface area contributed by atoms with E-state index in [0.717, 1.165) is 16.9 Å². The van der Waals surface area contributed by atoms with E-state index < -0.39 is 0 Å². The third kappa shape index (κ3) is 2.75. The first-order valence-electron chi connectivity index (χ1n) is 5.92. The molecular weight excluding hydrogens is 230 g/mol. The normalized spacial score (nSPS) is 11.0. The zero-order chi connectivity index (χ0) is 13.0. The Bertz CT molecular complexity index is 548. The number of Topliss-reactive ketones (excluding diaryl/α,β-unsaturated/α-hetero) is 1. The summed E-state index contributed by atoms with van der Waals surface area (Å²) in [6, 6.07) is 7.82. The van der Waals surface area contributed by atoms with E-state index in [0.29, 0.717) is 13.2 Å². The molecule has 2 N–H and O–H groups in total. The number of aryl methyl sites for hydroxylation is 1. The summed E-state index contributed by atoms with van der Waals surface area (Å²) in [6.07, 6.45) is 0.287. The number of hydrogen-bond acceptors (Lipinski definition) is 4. The number of rotatable bonds is 6. The number of nitrogens with two attached hydrogens (primary N) is 1. The minimum atomic E-state index is 0.0156. The zero-order valence-electron chi connectivity index (χ0n) is 10.4. The molecule has 5 nitrogen and oxygen atoms in total. The number of nitrogens with zero attached hydrogens (tertiary/aromatic N) is 2. The molecule has 0 fully saturated rings. The first-order chi connectivity index (χ1) is 8.72. The lowest BCUT2D eigenvalue weighted by atomic mass is 10.3. The van der Waals surface area contributed by atoms with Crippen molar-refractivity contribution in [1.29, 1.82) is 0 Å². The molecule has 5 heteroatoms. The highest BCUT2D eigenvalue weighted by Gasteiger charge is 2.11. The van der Waals surface area contributed by atoms with Crippen LogP contribution in [0.2, 0.25) is 0 Å². The Labute approximate surface area is 106 Å². The summed E-state index contributed by atoms with van der Waals surface area (Å²) in [5.74, 6) is 0.777. The second kappa shape index (κ2) is 5.75. The van der Waals surface area contributed by atoms with E-state index in [1.165, 1.54) is 0 Å². The average Bonchev–Trinajstić information content (AvgIpc) is 2.67. The molecule has 0 saturated carbocycles. The number of benzene rings is 1. The van der Waals surface area contributed by atoms with E-state index in [-0.39, 0.29) is 18.8 Å². The van der Waals surface area contributed by atoms with Gasteiger partial charge in [-0.2, -0.15) is 0 Å². The fourth-order valence-electron chi connectivity index (χ4n) is 1.85. The second-order valence-corrected chi connectivity index (χ2v) is 4.13. The molecule has 0 bridgehead atoms. The summed E-state index contributed by atoms with van der Waals surface area (Å²) >= 11 is 0. The monoisotopic (exact) mass is 247 g/mol. The molecule has 1 aromatic carbocycles. The van der Waals surface area contributed by atoms with Crippen molar-refractivity contribution in [2.75, 3.05) is 19.8 Å². The highest BCUT2D eigenvalue weighted by molar-refractivity contribution is 5.83. The molecular formula is C13H17N3O2. The maximum atomic E-state index is 11.7. The number of ketones is 1. The van der Waals surface area contributed by atoms with Crippen molar-refractivity contribution in [3.05, 3.63) is 30.1 Å². The Morgan fingerprint density at radius 3 is 2.94 bits per heavy atom. The van der Waals surface area contributed by atoms with Crippen molar-refractivity contribution >= 4 is 16.8 Å². The van der Waals surface area contributed by atoms with Crippen molar-refractivity contribution in [1.82, 2.24) is 9.55 Å². The fraction of sp³-hybridized carbons (Fsp3) is 0.385. The van der Waals surface area contributed by atoms with E-state index in [2.05, 4.69) is 4.98 Å². The molecule has 0 unspecified atom stereocenters. The van der Waals surface area contributed by atoms with Gasteiger partial charge in [-0.05, 0) is 12.1 Å². The Balaban J connectivity index is 2.07. The first kappa shape index (κ1) is 12.7. The fourth-order valence-corrected chi connectivity index (χ4v) is 1.85. The van der Waals surface area contributed by atoms with Gasteiger partial charge in [0.05, 0.1) is 24.1 Å². The molecule has 0 aliphatic rings. The molecule has 0 spiro atoms. The van der Waals surface area contributed by atoms with Crippen LogP contribution in [-0.4, -0.2) is 35.1 Å². The lowest BCUT2D eigenvalue weighted by Gasteiger charge is -2.03. The topological polar surface area (TPSA) is 70.1 Å². The molecule has 2 rings (SSSR count). The quantitative estimate of drug-likeness (QED) is 0.761. The summed E-state index contributed by atoms with van der Waals surface area (Å²) in [7, 11) is 1.92. The first-order valence-corrected chi connectivity index (χ1v) is 5.92. The van der Waals surface area contributed by atoms with Crippen LogP contribution >= 0.6 is 0 Å². The minimum Gasteiger partial charge on any atom is -0.372 e. The van der Waals surface area contributed by atoms with Crippen LogP contribution in [0.5, 0.6) is 0 Å². The van der Waals surface area contributed by atoms with E-state index in [9.17, 15) is 4.79 Å². The summed E-state index contributed by atoms with van der Waals surface area (Å²) in [5, 5.41) is 0. The molecule has 1 aromatic heterocycles. The molecule has 0 atom stereocenters. The molecule has 0 aliphatic heterocycles. The molecule has 1 heterocycles. The van der Waals surface area contributed by atoms with Crippen LogP contribution in [-0.2, 0) is 23.0 Å². The lowest BCUT2D eigenvalue weighted by Crippen LogP contribution is -2.17. The smallest absolute Gasteiger partial charge is 0.165 e. The van der Waals surface area contributed by atoms with Crippen LogP contribution in [0.4, 0.5) is 0 Å². The Morgan fingerprint density at radius 1 is 1.44 bits per heavy atom. The number of hydrogen-bond donors (Lipinski definition) is 1. The molecule has 2 aromatic rings. The van der Waals surface area contributed by atoms with Gasteiger partial charge < -0.3 is 15.0 Å². The van der Waals surface area contributed by atoms with Crippen LogP contribution < -0.4 is 5.73 Å². The van der Waals surface area contributed by atoms with E-state index >= 15 is 0 Å². The van der Waals surface area contributed by atoms with Gasteiger partial charge in [0.1, 0.15) is 12.4 Å². The Kier molecular flexibility index (Phi) is 4.07. The summed E-state index contributed by atoms with van der Waals surface area (Å²) < 4.78 is 7.06. The van der Waals surface area contributed by atoms with Crippen LogP contribution in [0.25, 0.3) is 11.0 Å². The van der Waals surface area contributed by atoms with Crippen LogP contribution in [0.3, 0.4) is 0 Å².